The third-order valence-electron chi connectivity index (χ3n) is 3.23. The number of likely N-dealkylation sites (N-methyl/N-ethyl adjacent to an activating group) is 1. The molecule has 0 aromatic heterocycles. The highest BCUT2D eigenvalue weighted by molar-refractivity contribution is 5.85. The highest BCUT2D eigenvalue weighted by Crippen LogP contribution is 2.24. The van der Waals surface area contributed by atoms with Crippen molar-refractivity contribution < 1.29 is 0 Å². The monoisotopic (exact) mass is 236 g/mol. The van der Waals surface area contributed by atoms with E-state index in [9.17, 15) is 0 Å². The summed E-state index contributed by atoms with van der Waals surface area (Å²) in [7, 11) is 2.12. The van der Waals surface area contributed by atoms with Gasteiger partial charge < -0.3 is 4.90 Å². The van der Waals surface area contributed by atoms with Crippen LogP contribution in [0.1, 0.15) is 17.5 Å². The molecule has 0 heterocycles. The molecule has 0 spiro atoms. The third kappa shape index (κ3) is 2.75. The number of nitriles is 1. The van der Waals surface area contributed by atoms with Gasteiger partial charge in [-0.3, -0.25) is 0 Å². The van der Waals surface area contributed by atoms with Gasteiger partial charge in [0, 0.05) is 19.0 Å². The van der Waals surface area contributed by atoms with Gasteiger partial charge in [-0.05, 0) is 31.0 Å². The highest BCUT2D eigenvalue weighted by Gasteiger charge is 2.23. The first-order chi connectivity index (χ1) is 7.31. The predicted octanol–water partition coefficient (Wildman–Crippen LogP) is 2.42. The van der Waals surface area contributed by atoms with Gasteiger partial charge in [0.05, 0.1) is 6.07 Å². The molecule has 0 amide bonds. The van der Waals surface area contributed by atoms with Gasteiger partial charge in [-0.1, -0.05) is 24.3 Å². The van der Waals surface area contributed by atoms with Gasteiger partial charge in [-0.25, -0.2) is 0 Å². The fourth-order valence-electron chi connectivity index (χ4n) is 2.26. The van der Waals surface area contributed by atoms with Gasteiger partial charge in [0.1, 0.15) is 0 Å². The Bertz CT molecular complexity index is 359. The molecule has 1 aliphatic rings. The van der Waals surface area contributed by atoms with E-state index in [-0.39, 0.29) is 12.4 Å². The molecule has 1 aromatic carbocycles. The van der Waals surface area contributed by atoms with Crippen LogP contribution >= 0.6 is 12.4 Å². The van der Waals surface area contributed by atoms with Gasteiger partial charge in [0.15, 0.2) is 0 Å². The SMILES string of the molecule is CN(CCC#N)C1Cc2ccccc2C1.Cl. The van der Waals surface area contributed by atoms with Crippen molar-refractivity contribution in [3.05, 3.63) is 35.4 Å². The minimum Gasteiger partial charge on any atom is -0.302 e. The van der Waals surface area contributed by atoms with E-state index in [0.29, 0.717) is 12.5 Å². The maximum atomic E-state index is 8.55. The topological polar surface area (TPSA) is 27.0 Å². The van der Waals surface area contributed by atoms with Crippen LogP contribution in [-0.4, -0.2) is 24.5 Å². The van der Waals surface area contributed by atoms with E-state index >= 15 is 0 Å². The van der Waals surface area contributed by atoms with Crippen LogP contribution < -0.4 is 0 Å². The van der Waals surface area contributed by atoms with E-state index in [2.05, 4.69) is 42.3 Å². The van der Waals surface area contributed by atoms with Gasteiger partial charge in [-0.2, -0.15) is 5.26 Å². The molecular formula is C13H17ClN2. The Labute approximate surface area is 103 Å². The number of rotatable bonds is 3. The summed E-state index contributed by atoms with van der Waals surface area (Å²) in [6.45, 7) is 0.884. The molecule has 0 atom stereocenters. The van der Waals surface area contributed by atoms with Gasteiger partial charge >= 0.3 is 0 Å². The summed E-state index contributed by atoms with van der Waals surface area (Å²) >= 11 is 0. The zero-order valence-electron chi connectivity index (χ0n) is 9.52. The molecule has 0 fully saturated rings. The smallest absolute Gasteiger partial charge is 0.0635 e. The first-order valence-electron chi connectivity index (χ1n) is 5.45. The number of halogens is 1. The quantitative estimate of drug-likeness (QED) is 0.806. The van der Waals surface area contributed by atoms with E-state index < -0.39 is 0 Å². The first-order valence-corrected chi connectivity index (χ1v) is 5.45. The van der Waals surface area contributed by atoms with Crippen molar-refractivity contribution in [2.24, 2.45) is 0 Å². The summed E-state index contributed by atoms with van der Waals surface area (Å²) in [5, 5.41) is 8.55. The molecule has 86 valence electrons. The number of fused-ring (bicyclic) bond motifs is 1. The van der Waals surface area contributed by atoms with E-state index in [1.807, 2.05) is 0 Å². The first kappa shape index (κ1) is 13.0. The lowest BCUT2D eigenvalue weighted by Gasteiger charge is -2.22. The van der Waals surface area contributed by atoms with Crippen LogP contribution in [0.2, 0.25) is 0 Å². The van der Waals surface area contributed by atoms with Crippen LogP contribution in [0.15, 0.2) is 24.3 Å². The predicted molar refractivity (Wildman–Crippen MR) is 67.7 cm³/mol. The minimum atomic E-state index is 0. The number of hydrogen-bond donors (Lipinski definition) is 0. The Balaban J connectivity index is 0.00000128. The molecule has 1 aliphatic carbocycles. The molecule has 3 heteroatoms. The third-order valence-corrected chi connectivity index (χ3v) is 3.23. The van der Waals surface area contributed by atoms with E-state index in [4.69, 9.17) is 5.26 Å². The van der Waals surface area contributed by atoms with Crippen molar-refractivity contribution in [3.63, 3.8) is 0 Å². The Morgan fingerprint density at radius 2 is 1.88 bits per heavy atom. The highest BCUT2D eigenvalue weighted by atomic mass is 35.5. The van der Waals surface area contributed by atoms with Crippen molar-refractivity contribution in [1.29, 1.82) is 5.26 Å². The number of benzene rings is 1. The fourth-order valence-corrected chi connectivity index (χ4v) is 2.26. The normalized spacial score (nSPS) is 14.3. The Kier molecular flexibility index (Phi) is 4.79. The van der Waals surface area contributed by atoms with E-state index in [1.165, 1.54) is 11.1 Å². The molecule has 0 unspecified atom stereocenters. The van der Waals surface area contributed by atoms with Crippen molar-refractivity contribution in [2.75, 3.05) is 13.6 Å². The summed E-state index contributed by atoms with van der Waals surface area (Å²) in [5.74, 6) is 0. The van der Waals surface area contributed by atoms with E-state index in [1.54, 1.807) is 0 Å². The van der Waals surface area contributed by atoms with Crippen molar-refractivity contribution in [3.8, 4) is 6.07 Å². The van der Waals surface area contributed by atoms with Crippen LogP contribution in [0.3, 0.4) is 0 Å². The Morgan fingerprint density at radius 3 is 2.38 bits per heavy atom. The minimum absolute atomic E-state index is 0. The molecule has 16 heavy (non-hydrogen) atoms. The lowest BCUT2D eigenvalue weighted by molar-refractivity contribution is 0.254. The van der Waals surface area contributed by atoms with Gasteiger partial charge in [0.25, 0.3) is 0 Å². The Hall–Kier alpha value is -1.04. The summed E-state index contributed by atoms with van der Waals surface area (Å²) in [6, 6.07) is 11.4. The second kappa shape index (κ2) is 5.89. The van der Waals surface area contributed by atoms with Gasteiger partial charge in [-0.15, -0.1) is 12.4 Å². The second-order valence-electron chi connectivity index (χ2n) is 4.22. The lowest BCUT2D eigenvalue weighted by Crippen LogP contribution is -2.32. The number of hydrogen-bond acceptors (Lipinski definition) is 2. The second-order valence-corrected chi connectivity index (χ2v) is 4.22. The standard InChI is InChI=1S/C13H16N2.ClH/c1-15(8-4-7-14)13-9-11-5-2-3-6-12(11)10-13;/h2-3,5-6,13H,4,8-10H2,1H3;1H. The van der Waals surface area contributed by atoms with Crippen LogP contribution in [0.4, 0.5) is 0 Å². The summed E-state index contributed by atoms with van der Waals surface area (Å²) in [6.07, 6.45) is 2.90. The van der Waals surface area contributed by atoms with Crippen LogP contribution in [0.25, 0.3) is 0 Å². The van der Waals surface area contributed by atoms with Crippen molar-refractivity contribution in [1.82, 2.24) is 4.90 Å². The maximum Gasteiger partial charge on any atom is 0.0635 e. The van der Waals surface area contributed by atoms with Crippen LogP contribution in [0.5, 0.6) is 0 Å². The molecule has 0 aliphatic heterocycles. The molecule has 0 bridgehead atoms. The maximum absolute atomic E-state index is 8.55. The molecule has 2 rings (SSSR count). The average molecular weight is 237 g/mol. The largest absolute Gasteiger partial charge is 0.302 e. The zero-order chi connectivity index (χ0) is 10.7. The van der Waals surface area contributed by atoms with Crippen molar-refractivity contribution >= 4 is 12.4 Å². The Morgan fingerprint density at radius 1 is 1.31 bits per heavy atom. The van der Waals surface area contributed by atoms with E-state index in [0.717, 1.165) is 19.4 Å². The molecule has 0 N–H and O–H groups in total. The average Bonchev–Trinajstić information content (AvgIpc) is 2.69. The molecule has 2 nitrogen and oxygen atoms in total. The molecular weight excluding hydrogens is 220 g/mol. The van der Waals surface area contributed by atoms with Crippen molar-refractivity contribution in [2.45, 2.75) is 25.3 Å². The lowest BCUT2D eigenvalue weighted by atomic mass is 10.1. The summed E-state index contributed by atoms with van der Waals surface area (Å²) in [4.78, 5) is 2.31. The summed E-state index contributed by atoms with van der Waals surface area (Å²) in [5.41, 5.74) is 2.96. The fraction of sp³-hybridized carbons (Fsp3) is 0.462. The molecule has 1 aromatic rings. The zero-order valence-corrected chi connectivity index (χ0v) is 10.3. The van der Waals surface area contributed by atoms with Gasteiger partial charge in [0.2, 0.25) is 0 Å². The molecule has 0 saturated carbocycles. The molecule has 0 radical (unpaired) electrons. The number of nitrogens with zero attached hydrogens (tertiary/aromatic N) is 2. The van der Waals surface area contributed by atoms with Crippen LogP contribution in [0, 0.1) is 11.3 Å². The van der Waals surface area contributed by atoms with Crippen LogP contribution in [-0.2, 0) is 12.8 Å². The molecule has 0 saturated heterocycles. The summed E-state index contributed by atoms with van der Waals surface area (Å²) < 4.78 is 0.